The smallest absolute Gasteiger partial charge is 0.251 e. The number of nitrogens with one attached hydrogen (secondary N) is 2. The number of aryl methyl sites for hydroxylation is 1. The molecule has 2 N–H and O–H groups in total. The zero-order chi connectivity index (χ0) is 30.1. The van der Waals surface area contributed by atoms with Gasteiger partial charge >= 0.3 is 0 Å². The van der Waals surface area contributed by atoms with Crippen molar-refractivity contribution in [2.24, 2.45) is 0 Å². The van der Waals surface area contributed by atoms with E-state index in [0.29, 0.717) is 41.7 Å². The fourth-order valence-electron chi connectivity index (χ4n) is 5.75. The Morgan fingerprint density at radius 2 is 1.81 bits per heavy atom. The van der Waals surface area contributed by atoms with Crippen LogP contribution in [0.25, 0.3) is 0 Å². The summed E-state index contributed by atoms with van der Waals surface area (Å²) in [5.74, 6) is 1.55. The van der Waals surface area contributed by atoms with Gasteiger partial charge in [0.1, 0.15) is 17.5 Å². The highest BCUT2D eigenvalue weighted by Crippen LogP contribution is 2.38. The number of rotatable bonds is 7. The van der Waals surface area contributed by atoms with Gasteiger partial charge in [0, 0.05) is 43.2 Å². The van der Waals surface area contributed by atoms with Crippen LogP contribution >= 0.6 is 11.9 Å². The van der Waals surface area contributed by atoms with Crippen molar-refractivity contribution in [1.29, 1.82) is 0 Å². The number of hydrogen-bond donors (Lipinski definition) is 2. The van der Waals surface area contributed by atoms with Crippen molar-refractivity contribution in [2.75, 3.05) is 69.0 Å². The third-order valence-corrected chi connectivity index (χ3v) is 9.43. The third kappa shape index (κ3) is 6.27. The Bertz CT molecular complexity index is 1490. The minimum absolute atomic E-state index is 0.0294. The first-order valence-electron chi connectivity index (χ1n) is 14.6. The van der Waals surface area contributed by atoms with E-state index in [1.807, 2.05) is 6.07 Å². The topological polar surface area (TPSA) is 106 Å². The van der Waals surface area contributed by atoms with Crippen LogP contribution < -0.4 is 25.2 Å². The number of carbonyl (C=O) groups is 2. The number of anilines is 4. The maximum atomic E-state index is 13.4. The SMILES string of the molecule is COc1cc(C(=O)NC2CCN(C)CC2)ccc1Nc1ncc2c(n1)N1CCN(Sc3ccc(C)cc3)CC1C(=O)N2C. The van der Waals surface area contributed by atoms with Crippen molar-refractivity contribution in [3.63, 3.8) is 0 Å². The molecule has 0 radical (unpaired) electrons. The lowest BCUT2D eigenvalue weighted by atomic mass is 10.0. The van der Waals surface area contributed by atoms with Crippen molar-refractivity contribution in [2.45, 2.75) is 36.7 Å². The van der Waals surface area contributed by atoms with Crippen LogP contribution in [0.3, 0.4) is 0 Å². The van der Waals surface area contributed by atoms with Gasteiger partial charge < -0.3 is 30.1 Å². The molecule has 0 aliphatic carbocycles. The quantitative estimate of drug-likeness (QED) is 0.390. The van der Waals surface area contributed by atoms with Crippen LogP contribution in [0, 0.1) is 6.92 Å². The molecule has 6 rings (SSSR count). The van der Waals surface area contributed by atoms with E-state index in [0.717, 1.165) is 43.2 Å². The van der Waals surface area contributed by atoms with Crippen LogP contribution in [-0.4, -0.2) is 97.0 Å². The maximum absolute atomic E-state index is 13.4. The van der Waals surface area contributed by atoms with Crippen LogP contribution in [-0.2, 0) is 4.79 Å². The predicted octanol–water partition coefficient (Wildman–Crippen LogP) is 3.54. The molecule has 0 spiro atoms. The number of fused-ring (bicyclic) bond motifs is 3. The average molecular weight is 603 g/mol. The summed E-state index contributed by atoms with van der Waals surface area (Å²) in [6.07, 6.45) is 3.57. The number of piperidine rings is 1. The Balaban J connectivity index is 1.17. The number of likely N-dealkylation sites (tertiary alicyclic amines) is 1. The van der Waals surface area contributed by atoms with Gasteiger partial charge in [-0.05, 0) is 82.2 Å². The zero-order valence-electron chi connectivity index (χ0n) is 25.0. The fraction of sp³-hybridized carbons (Fsp3) is 0.419. The minimum atomic E-state index is -0.344. The molecule has 3 aliphatic rings. The number of benzene rings is 2. The second-order valence-electron chi connectivity index (χ2n) is 11.4. The molecular formula is C31H38N8O3S. The van der Waals surface area contributed by atoms with Gasteiger partial charge in [0.25, 0.3) is 11.8 Å². The molecule has 12 heteroatoms. The molecule has 11 nitrogen and oxygen atoms in total. The van der Waals surface area contributed by atoms with Crippen molar-refractivity contribution in [1.82, 2.24) is 24.5 Å². The Morgan fingerprint density at radius 1 is 1.05 bits per heavy atom. The van der Waals surface area contributed by atoms with Gasteiger partial charge in [0.2, 0.25) is 5.95 Å². The summed E-state index contributed by atoms with van der Waals surface area (Å²) in [6, 6.07) is 13.6. The minimum Gasteiger partial charge on any atom is -0.495 e. The molecule has 0 saturated carbocycles. The van der Waals surface area contributed by atoms with Crippen molar-refractivity contribution in [3.05, 3.63) is 59.8 Å². The Hall–Kier alpha value is -3.87. The number of methoxy groups -OCH3 is 1. The third-order valence-electron chi connectivity index (χ3n) is 8.36. The number of aromatic nitrogens is 2. The second-order valence-corrected chi connectivity index (χ2v) is 12.6. The molecule has 3 aromatic rings. The number of piperazine rings is 1. The molecule has 2 amide bonds. The molecule has 1 aromatic heterocycles. The predicted molar refractivity (Wildman–Crippen MR) is 169 cm³/mol. The first-order valence-corrected chi connectivity index (χ1v) is 15.4. The highest BCUT2D eigenvalue weighted by Gasteiger charge is 2.41. The number of amides is 2. The van der Waals surface area contributed by atoms with Crippen molar-refractivity contribution < 1.29 is 14.3 Å². The summed E-state index contributed by atoms with van der Waals surface area (Å²) < 4.78 is 7.88. The monoisotopic (exact) mass is 602 g/mol. The van der Waals surface area contributed by atoms with E-state index in [9.17, 15) is 9.59 Å². The van der Waals surface area contributed by atoms with Gasteiger partial charge in [-0.25, -0.2) is 9.29 Å². The van der Waals surface area contributed by atoms with E-state index < -0.39 is 0 Å². The number of nitrogens with zero attached hydrogens (tertiary/aromatic N) is 6. The molecule has 0 bridgehead atoms. The molecule has 226 valence electrons. The lowest BCUT2D eigenvalue weighted by molar-refractivity contribution is -0.120. The molecule has 2 fully saturated rings. The number of ether oxygens (including phenoxy) is 1. The number of hydrogen-bond acceptors (Lipinski definition) is 10. The molecule has 2 saturated heterocycles. The highest BCUT2D eigenvalue weighted by atomic mass is 32.2. The average Bonchev–Trinajstić information content (AvgIpc) is 3.02. The van der Waals surface area contributed by atoms with E-state index in [1.165, 1.54) is 5.56 Å². The van der Waals surface area contributed by atoms with Crippen molar-refractivity contribution in [3.8, 4) is 5.75 Å². The van der Waals surface area contributed by atoms with E-state index in [-0.39, 0.29) is 23.9 Å². The van der Waals surface area contributed by atoms with Crippen LogP contribution in [0.1, 0.15) is 28.8 Å². The van der Waals surface area contributed by atoms with E-state index >= 15 is 0 Å². The lowest BCUT2D eigenvalue weighted by Crippen LogP contribution is -2.61. The molecule has 1 unspecified atom stereocenters. The van der Waals surface area contributed by atoms with Gasteiger partial charge in [0.05, 0.1) is 19.0 Å². The van der Waals surface area contributed by atoms with Crippen LogP contribution in [0.5, 0.6) is 5.75 Å². The lowest BCUT2D eigenvalue weighted by Gasteiger charge is -2.45. The molecule has 3 aliphatic heterocycles. The number of likely N-dealkylation sites (N-methyl/N-ethyl adjacent to an activating group) is 1. The van der Waals surface area contributed by atoms with Gasteiger partial charge in [-0.2, -0.15) is 4.98 Å². The maximum Gasteiger partial charge on any atom is 0.251 e. The summed E-state index contributed by atoms with van der Waals surface area (Å²) in [7, 11) is 5.45. The Morgan fingerprint density at radius 3 is 2.56 bits per heavy atom. The molecular weight excluding hydrogens is 564 g/mol. The van der Waals surface area contributed by atoms with E-state index in [2.05, 4.69) is 68.0 Å². The van der Waals surface area contributed by atoms with Gasteiger partial charge in [-0.15, -0.1) is 0 Å². The van der Waals surface area contributed by atoms with E-state index in [4.69, 9.17) is 9.72 Å². The second kappa shape index (κ2) is 12.4. The summed E-state index contributed by atoms with van der Waals surface area (Å²) in [5.41, 5.74) is 3.09. The Kier molecular flexibility index (Phi) is 8.42. The highest BCUT2D eigenvalue weighted by molar-refractivity contribution is 7.97. The molecule has 43 heavy (non-hydrogen) atoms. The first-order chi connectivity index (χ1) is 20.8. The summed E-state index contributed by atoms with van der Waals surface area (Å²) in [4.78, 5) is 42.9. The van der Waals surface area contributed by atoms with E-state index in [1.54, 1.807) is 49.3 Å². The molecule has 4 heterocycles. The Labute approximate surface area is 256 Å². The number of carbonyl (C=O) groups excluding carboxylic acids is 2. The van der Waals surface area contributed by atoms with Crippen molar-refractivity contribution >= 4 is 46.9 Å². The summed E-state index contributed by atoms with van der Waals surface area (Å²) in [5, 5.41) is 6.42. The fourth-order valence-corrected chi connectivity index (χ4v) is 6.69. The first kappa shape index (κ1) is 29.2. The molecule has 2 aromatic carbocycles. The molecule has 1 atom stereocenters. The summed E-state index contributed by atoms with van der Waals surface area (Å²) in [6.45, 7) is 6.07. The van der Waals surface area contributed by atoms with Crippen LogP contribution in [0.2, 0.25) is 0 Å². The standard InChI is InChI=1S/C31H38N8O3S/c1-20-5-8-23(9-6-20)43-38-15-16-39-26(19-38)30(41)37(3)25-18-32-31(35-28(25)39)34-24-10-7-21(17-27(24)42-4)29(40)33-22-11-13-36(2)14-12-22/h5-10,17-18,22,26H,11-16,19H2,1-4H3,(H,33,40)(H,32,34,35). The van der Waals surface area contributed by atoms with Gasteiger partial charge in [-0.1, -0.05) is 17.7 Å². The van der Waals surface area contributed by atoms with Crippen LogP contribution in [0.15, 0.2) is 53.6 Å². The van der Waals surface area contributed by atoms with Crippen LogP contribution in [0.4, 0.5) is 23.1 Å². The van der Waals surface area contributed by atoms with Gasteiger partial charge in [0.15, 0.2) is 5.82 Å². The normalized spacial score (nSPS) is 19.5. The summed E-state index contributed by atoms with van der Waals surface area (Å²) >= 11 is 1.68. The zero-order valence-corrected chi connectivity index (χ0v) is 25.9. The van der Waals surface area contributed by atoms with Gasteiger partial charge in [-0.3, -0.25) is 9.59 Å². The largest absolute Gasteiger partial charge is 0.495 e.